The maximum Gasteiger partial charge on any atom is 0.197 e. The summed E-state index contributed by atoms with van der Waals surface area (Å²) in [6.07, 6.45) is 4.21. The van der Waals surface area contributed by atoms with Gasteiger partial charge in [-0.25, -0.2) is 0 Å². The van der Waals surface area contributed by atoms with Crippen LogP contribution < -0.4 is 0 Å². The summed E-state index contributed by atoms with van der Waals surface area (Å²) in [6.45, 7) is 4.15. The zero-order valence-electron chi connectivity index (χ0n) is 12.7. The molecule has 1 heterocycles. The summed E-state index contributed by atoms with van der Waals surface area (Å²) in [5.41, 5.74) is 4.65. The van der Waals surface area contributed by atoms with E-state index in [1.807, 2.05) is 0 Å². The van der Waals surface area contributed by atoms with Crippen LogP contribution in [0.3, 0.4) is 0 Å². The Morgan fingerprint density at radius 3 is 2.18 bits per heavy atom. The van der Waals surface area contributed by atoms with Gasteiger partial charge in [0.25, 0.3) is 0 Å². The summed E-state index contributed by atoms with van der Waals surface area (Å²) in [4.78, 5) is 24.9. The second-order valence-corrected chi connectivity index (χ2v) is 6.19. The smallest absolute Gasteiger partial charge is 0.197 e. The molecule has 4 rings (SSSR count). The molecule has 3 heteroatoms. The lowest BCUT2D eigenvalue weighted by Gasteiger charge is -2.06. The molecule has 2 aromatic rings. The van der Waals surface area contributed by atoms with Crippen molar-refractivity contribution in [3.63, 3.8) is 0 Å². The molecule has 1 aromatic carbocycles. The van der Waals surface area contributed by atoms with Crippen molar-refractivity contribution in [2.45, 2.75) is 32.7 Å². The maximum absolute atomic E-state index is 12.5. The van der Waals surface area contributed by atoms with Crippen LogP contribution in [0.25, 0.3) is 6.08 Å². The number of carbonyl (C=O) groups excluding carboxylic acids is 2. The van der Waals surface area contributed by atoms with Crippen molar-refractivity contribution in [1.82, 2.24) is 4.57 Å². The normalized spacial score (nSPS) is 17.1. The number of carbonyl (C=O) groups is 2. The van der Waals surface area contributed by atoms with Crippen LogP contribution in [0, 0.1) is 13.8 Å². The van der Waals surface area contributed by atoms with E-state index >= 15 is 0 Å². The molecule has 0 N–H and O–H groups in total. The molecular weight excluding hydrogens is 274 g/mol. The third-order valence-electron chi connectivity index (χ3n) is 4.64. The van der Waals surface area contributed by atoms with Crippen LogP contribution in [0.15, 0.2) is 35.9 Å². The highest BCUT2D eigenvalue weighted by atomic mass is 16.2. The third kappa shape index (κ3) is 1.82. The predicted molar refractivity (Wildman–Crippen MR) is 85.3 cm³/mol. The van der Waals surface area contributed by atoms with E-state index in [1.54, 1.807) is 30.3 Å². The first kappa shape index (κ1) is 13.3. The molecule has 3 nitrogen and oxygen atoms in total. The molecule has 0 radical (unpaired) electrons. The van der Waals surface area contributed by atoms with E-state index in [0.29, 0.717) is 17.2 Å². The Balaban J connectivity index is 1.80. The Morgan fingerprint density at radius 2 is 1.64 bits per heavy atom. The van der Waals surface area contributed by atoms with Gasteiger partial charge in [0.15, 0.2) is 11.6 Å². The Morgan fingerprint density at radius 1 is 1.05 bits per heavy atom. The zero-order chi connectivity index (χ0) is 15.4. The van der Waals surface area contributed by atoms with Crippen molar-refractivity contribution in [3.8, 4) is 0 Å². The van der Waals surface area contributed by atoms with E-state index in [9.17, 15) is 9.59 Å². The van der Waals surface area contributed by atoms with Crippen LogP contribution in [0.5, 0.6) is 0 Å². The van der Waals surface area contributed by atoms with Crippen LogP contribution in [0.1, 0.15) is 56.6 Å². The van der Waals surface area contributed by atoms with E-state index in [0.717, 1.165) is 11.3 Å². The molecule has 1 saturated carbocycles. The highest BCUT2D eigenvalue weighted by Crippen LogP contribution is 2.39. The van der Waals surface area contributed by atoms with Gasteiger partial charge in [-0.15, -0.1) is 0 Å². The van der Waals surface area contributed by atoms with Crippen LogP contribution >= 0.6 is 0 Å². The van der Waals surface area contributed by atoms with Gasteiger partial charge in [-0.3, -0.25) is 9.59 Å². The van der Waals surface area contributed by atoms with Gasteiger partial charge in [0.05, 0.1) is 5.57 Å². The highest BCUT2D eigenvalue weighted by Gasteiger charge is 2.33. The Hall–Kier alpha value is -2.42. The van der Waals surface area contributed by atoms with Gasteiger partial charge in [0.2, 0.25) is 0 Å². The molecule has 0 aliphatic heterocycles. The molecular formula is C19H17NO2. The summed E-state index contributed by atoms with van der Waals surface area (Å²) in [5.74, 6) is -0.311. The number of ketones is 2. The lowest BCUT2D eigenvalue weighted by Crippen LogP contribution is -2.01. The number of rotatable bonds is 2. The van der Waals surface area contributed by atoms with Crippen molar-refractivity contribution in [3.05, 3.63) is 64.0 Å². The van der Waals surface area contributed by atoms with Crippen molar-refractivity contribution in [2.75, 3.05) is 0 Å². The van der Waals surface area contributed by atoms with Gasteiger partial charge in [-0.2, -0.15) is 0 Å². The molecule has 110 valence electrons. The van der Waals surface area contributed by atoms with E-state index in [1.165, 1.54) is 18.5 Å². The third-order valence-corrected chi connectivity index (χ3v) is 4.64. The number of nitrogens with zero attached hydrogens (tertiary/aromatic N) is 1. The molecule has 0 saturated heterocycles. The van der Waals surface area contributed by atoms with Gasteiger partial charge < -0.3 is 4.57 Å². The molecule has 2 aliphatic rings. The van der Waals surface area contributed by atoms with E-state index < -0.39 is 0 Å². The van der Waals surface area contributed by atoms with Crippen LogP contribution in [0.4, 0.5) is 0 Å². The average Bonchev–Trinajstić information content (AvgIpc) is 3.26. The molecule has 2 aliphatic carbocycles. The number of benzene rings is 1. The lowest BCUT2D eigenvalue weighted by molar-refractivity contribution is 0.0990. The first-order valence-corrected chi connectivity index (χ1v) is 7.66. The molecule has 1 fully saturated rings. The van der Waals surface area contributed by atoms with Crippen LogP contribution in [-0.4, -0.2) is 16.1 Å². The molecule has 1 aromatic heterocycles. The fourth-order valence-corrected chi connectivity index (χ4v) is 3.40. The van der Waals surface area contributed by atoms with Crippen molar-refractivity contribution in [1.29, 1.82) is 0 Å². The minimum atomic E-state index is -0.156. The zero-order valence-corrected chi connectivity index (χ0v) is 12.7. The quantitative estimate of drug-likeness (QED) is 0.621. The largest absolute Gasteiger partial charge is 0.346 e. The van der Waals surface area contributed by atoms with Crippen molar-refractivity contribution >= 4 is 17.6 Å². The number of hydrogen-bond acceptors (Lipinski definition) is 2. The minimum absolute atomic E-state index is 0.156. The maximum atomic E-state index is 12.5. The van der Waals surface area contributed by atoms with E-state index in [2.05, 4.69) is 24.5 Å². The van der Waals surface area contributed by atoms with Gasteiger partial charge >= 0.3 is 0 Å². The second kappa shape index (κ2) is 4.54. The first-order valence-electron chi connectivity index (χ1n) is 7.66. The molecule has 0 amide bonds. The number of fused-ring (bicyclic) bond motifs is 1. The Bertz CT molecular complexity index is 813. The van der Waals surface area contributed by atoms with Gasteiger partial charge in [0, 0.05) is 28.6 Å². The van der Waals surface area contributed by atoms with E-state index in [-0.39, 0.29) is 17.1 Å². The van der Waals surface area contributed by atoms with Crippen LogP contribution in [0.2, 0.25) is 0 Å². The number of aromatic nitrogens is 1. The fourth-order valence-electron chi connectivity index (χ4n) is 3.40. The summed E-state index contributed by atoms with van der Waals surface area (Å²) in [7, 11) is 0. The topological polar surface area (TPSA) is 39.1 Å². The molecule has 0 spiro atoms. The Labute approximate surface area is 129 Å². The Kier molecular flexibility index (Phi) is 2.73. The lowest BCUT2D eigenvalue weighted by atomic mass is 10.1. The summed E-state index contributed by atoms with van der Waals surface area (Å²) in [6, 6.07) is 9.72. The molecule has 22 heavy (non-hydrogen) atoms. The molecule has 0 unspecified atom stereocenters. The predicted octanol–water partition coefficient (Wildman–Crippen LogP) is 3.90. The van der Waals surface area contributed by atoms with Gasteiger partial charge in [-0.1, -0.05) is 24.3 Å². The van der Waals surface area contributed by atoms with Crippen molar-refractivity contribution in [2.24, 2.45) is 0 Å². The minimum Gasteiger partial charge on any atom is -0.346 e. The number of aryl methyl sites for hydroxylation is 1. The molecule has 0 bridgehead atoms. The summed E-state index contributed by atoms with van der Waals surface area (Å²) < 4.78 is 2.32. The standard InChI is InChI=1S/C19H17NO2/c1-11-9-13(12(2)20(11)14-7-8-14)10-17-18(21)15-5-3-4-6-16(15)19(17)22/h3-6,9-10,14H,7-8H2,1-2H3. The van der Waals surface area contributed by atoms with Gasteiger partial charge in [-0.05, 0) is 44.4 Å². The van der Waals surface area contributed by atoms with E-state index in [4.69, 9.17) is 0 Å². The fraction of sp³-hybridized carbons (Fsp3) is 0.263. The van der Waals surface area contributed by atoms with Crippen LogP contribution in [-0.2, 0) is 0 Å². The molecule has 0 atom stereocenters. The number of hydrogen-bond donors (Lipinski definition) is 0. The second-order valence-electron chi connectivity index (χ2n) is 6.19. The van der Waals surface area contributed by atoms with Crippen molar-refractivity contribution < 1.29 is 9.59 Å². The summed E-state index contributed by atoms with van der Waals surface area (Å²) in [5, 5.41) is 0. The summed E-state index contributed by atoms with van der Waals surface area (Å²) >= 11 is 0. The number of Topliss-reactive ketones (excluding diaryl/α,β-unsaturated/α-hetero) is 2. The monoisotopic (exact) mass is 291 g/mol. The SMILES string of the molecule is Cc1cc(C=C2C(=O)c3ccccc3C2=O)c(C)n1C1CC1. The average molecular weight is 291 g/mol. The number of allylic oxidation sites excluding steroid dienone is 1. The van der Waals surface area contributed by atoms with Gasteiger partial charge in [0.1, 0.15) is 0 Å². The highest BCUT2D eigenvalue weighted by molar-refractivity contribution is 6.41. The first-order chi connectivity index (χ1) is 10.6.